The molecule has 0 radical (unpaired) electrons. The van der Waals surface area contributed by atoms with Crippen molar-refractivity contribution in [2.24, 2.45) is 0 Å². The molecule has 1 aliphatic heterocycles. The average Bonchev–Trinajstić information content (AvgIpc) is 3.85. The first-order valence-electron chi connectivity index (χ1n) is 18.0. The predicted molar refractivity (Wildman–Crippen MR) is 205 cm³/mol. The number of carbonyl (C=O) groups is 4. The minimum absolute atomic E-state index is 0.00338. The van der Waals surface area contributed by atoms with Crippen LogP contribution in [-0.2, 0) is 28.0 Å². The fraction of sp³-hybridized carbons (Fsp3) is 0.268. The molecule has 1 unspecified atom stereocenters. The second-order valence-corrected chi connectivity index (χ2v) is 14.6. The first kappa shape index (κ1) is 36.6. The highest BCUT2D eigenvalue weighted by molar-refractivity contribution is 6.01. The molecule has 1 atom stereocenters. The predicted octanol–water partition coefficient (Wildman–Crippen LogP) is 5.17. The Hall–Kier alpha value is -6.70. The van der Waals surface area contributed by atoms with Crippen LogP contribution in [0, 0.1) is 6.92 Å². The number of hydrogen-bond donors (Lipinski definition) is 4. The van der Waals surface area contributed by atoms with E-state index >= 15 is 0 Å². The number of nitrogens with one attached hydrogen (secondary N) is 4. The molecular formula is C41H41N9O5. The molecule has 4 amide bonds. The van der Waals surface area contributed by atoms with Gasteiger partial charge in [0.25, 0.3) is 17.6 Å². The van der Waals surface area contributed by atoms with Gasteiger partial charge >= 0.3 is 0 Å². The van der Waals surface area contributed by atoms with Gasteiger partial charge in [-0.25, -0.2) is 9.50 Å². The molecule has 3 aromatic heterocycles. The number of anilines is 1. The summed E-state index contributed by atoms with van der Waals surface area (Å²) in [7, 11) is 0. The molecule has 1 aliphatic rings. The second kappa shape index (κ2) is 15.3. The summed E-state index contributed by atoms with van der Waals surface area (Å²) in [6.07, 6.45) is 4.87. The number of amides is 4. The maximum absolute atomic E-state index is 12.9. The van der Waals surface area contributed by atoms with Crippen LogP contribution in [0.15, 0.2) is 89.8 Å². The monoisotopic (exact) mass is 739 g/mol. The van der Waals surface area contributed by atoms with Crippen molar-refractivity contribution in [3.05, 3.63) is 119 Å². The maximum Gasteiger partial charge on any atom is 0.292 e. The number of aryl methyl sites for hydroxylation is 1. The van der Waals surface area contributed by atoms with Crippen molar-refractivity contribution >= 4 is 34.8 Å². The van der Waals surface area contributed by atoms with E-state index < -0.39 is 11.9 Å². The number of benzene rings is 3. The van der Waals surface area contributed by atoms with Gasteiger partial charge in [0.1, 0.15) is 12.4 Å². The van der Waals surface area contributed by atoms with Gasteiger partial charge in [-0.15, -0.1) is 0 Å². The highest BCUT2D eigenvalue weighted by atomic mass is 16.5. The lowest BCUT2D eigenvalue weighted by Gasteiger charge is -2.22. The first-order valence-corrected chi connectivity index (χ1v) is 18.0. The standard InChI is InChI=1S/C41H41N9O5/c1-24-19-28(11-12-29(24)21-43-39(54)36-48-40(55-49-36)41(2,3)4)35-33-20-30(22-50(33)45-23-44-35)26-7-9-27(10-8-26)37(52)42-18-17-25-5-13-31(14-6-25)46-32-15-16-34(51)47-38(32)53/h5-14,19-20,22-23,32,46H,15-18,21H2,1-4H3,(H,42,52)(H,43,54)(H,47,51,53). The summed E-state index contributed by atoms with van der Waals surface area (Å²) in [4.78, 5) is 57.9. The lowest BCUT2D eigenvalue weighted by molar-refractivity contribution is -0.133. The van der Waals surface area contributed by atoms with Crippen LogP contribution in [0.4, 0.5) is 5.69 Å². The van der Waals surface area contributed by atoms with Gasteiger partial charge < -0.3 is 20.5 Å². The summed E-state index contributed by atoms with van der Waals surface area (Å²) in [6.45, 7) is 8.56. The van der Waals surface area contributed by atoms with E-state index in [1.165, 1.54) is 6.33 Å². The minimum Gasteiger partial charge on any atom is -0.374 e. The van der Waals surface area contributed by atoms with E-state index in [2.05, 4.69) is 41.5 Å². The Labute approximate surface area is 317 Å². The Morgan fingerprint density at radius 3 is 2.40 bits per heavy atom. The molecule has 14 nitrogen and oxygen atoms in total. The molecule has 55 heavy (non-hydrogen) atoms. The van der Waals surface area contributed by atoms with E-state index in [0.717, 1.165) is 50.3 Å². The van der Waals surface area contributed by atoms with Gasteiger partial charge in [0.15, 0.2) is 0 Å². The van der Waals surface area contributed by atoms with Crippen LogP contribution in [0.5, 0.6) is 0 Å². The third kappa shape index (κ3) is 8.43. The molecule has 14 heteroatoms. The molecule has 0 aliphatic carbocycles. The minimum atomic E-state index is -0.437. The number of aromatic nitrogens is 5. The van der Waals surface area contributed by atoms with Crippen LogP contribution >= 0.6 is 0 Å². The number of imide groups is 1. The van der Waals surface area contributed by atoms with Crippen molar-refractivity contribution in [1.82, 2.24) is 40.7 Å². The van der Waals surface area contributed by atoms with Crippen molar-refractivity contribution < 1.29 is 23.7 Å². The molecule has 4 N–H and O–H groups in total. The number of nitrogens with zero attached hydrogens (tertiary/aromatic N) is 5. The molecule has 0 bridgehead atoms. The molecule has 4 heterocycles. The summed E-state index contributed by atoms with van der Waals surface area (Å²) in [5.41, 5.74) is 8.31. The zero-order chi connectivity index (χ0) is 38.7. The summed E-state index contributed by atoms with van der Waals surface area (Å²) in [6, 6.07) is 22.7. The van der Waals surface area contributed by atoms with E-state index in [9.17, 15) is 19.2 Å². The third-order valence-corrected chi connectivity index (χ3v) is 9.45. The third-order valence-electron chi connectivity index (χ3n) is 9.45. The van der Waals surface area contributed by atoms with Crippen LogP contribution < -0.4 is 21.3 Å². The summed E-state index contributed by atoms with van der Waals surface area (Å²) in [5, 5.41) is 19.6. The van der Waals surface area contributed by atoms with Gasteiger partial charge in [0.05, 0.1) is 11.2 Å². The second-order valence-electron chi connectivity index (χ2n) is 14.6. The van der Waals surface area contributed by atoms with Crippen LogP contribution in [-0.4, -0.2) is 61.0 Å². The summed E-state index contributed by atoms with van der Waals surface area (Å²) < 4.78 is 7.04. The lowest BCUT2D eigenvalue weighted by Crippen LogP contribution is -2.47. The molecule has 1 saturated heterocycles. The normalized spacial score (nSPS) is 14.4. The highest BCUT2D eigenvalue weighted by Crippen LogP contribution is 2.29. The Kier molecular flexibility index (Phi) is 10.2. The summed E-state index contributed by atoms with van der Waals surface area (Å²) >= 11 is 0. The number of rotatable bonds is 11. The van der Waals surface area contributed by atoms with E-state index in [0.29, 0.717) is 43.8 Å². The topological polar surface area (TPSA) is 186 Å². The van der Waals surface area contributed by atoms with Gasteiger partial charge in [0.2, 0.25) is 17.7 Å². The Bertz CT molecular complexity index is 2390. The van der Waals surface area contributed by atoms with Gasteiger partial charge in [0, 0.05) is 53.5 Å². The quantitative estimate of drug-likeness (QED) is 0.129. The van der Waals surface area contributed by atoms with Gasteiger partial charge in [-0.2, -0.15) is 10.1 Å². The van der Waals surface area contributed by atoms with Crippen LogP contribution in [0.25, 0.3) is 27.9 Å². The molecular weight excluding hydrogens is 699 g/mol. The molecule has 280 valence electrons. The lowest BCUT2D eigenvalue weighted by atomic mass is 9.97. The largest absolute Gasteiger partial charge is 0.374 e. The van der Waals surface area contributed by atoms with Crippen LogP contribution in [0.1, 0.15) is 77.2 Å². The molecule has 3 aromatic carbocycles. The Morgan fingerprint density at radius 2 is 1.69 bits per heavy atom. The van der Waals surface area contributed by atoms with Crippen LogP contribution in [0.3, 0.4) is 0 Å². The molecule has 0 spiro atoms. The van der Waals surface area contributed by atoms with Crippen LogP contribution in [0.2, 0.25) is 0 Å². The van der Waals surface area contributed by atoms with E-state index in [1.54, 1.807) is 16.6 Å². The van der Waals surface area contributed by atoms with Crippen molar-refractivity contribution in [3.8, 4) is 22.4 Å². The fourth-order valence-corrected chi connectivity index (χ4v) is 6.26. The van der Waals surface area contributed by atoms with Gasteiger partial charge in [-0.3, -0.25) is 24.5 Å². The van der Waals surface area contributed by atoms with Crippen molar-refractivity contribution in [1.29, 1.82) is 0 Å². The smallest absolute Gasteiger partial charge is 0.292 e. The Morgan fingerprint density at radius 1 is 0.927 bits per heavy atom. The van der Waals surface area contributed by atoms with E-state index in [1.807, 2.05) is 94.6 Å². The SMILES string of the molecule is Cc1cc(-c2ncnn3cc(-c4ccc(C(=O)NCCc5ccc(NC6CCC(=O)NC6=O)cc5)cc4)cc23)ccc1CNC(=O)c1noc(C(C)(C)C)n1. The number of hydrogen-bond acceptors (Lipinski definition) is 10. The zero-order valence-electron chi connectivity index (χ0n) is 31.0. The first-order chi connectivity index (χ1) is 26.4. The fourth-order valence-electron chi connectivity index (χ4n) is 6.26. The summed E-state index contributed by atoms with van der Waals surface area (Å²) in [5.74, 6) is -0.721. The van der Waals surface area contributed by atoms with Gasteiger partial charge in [-0.1, -0.05) is 62.3 Å². The zero-order valence-corrected chi connectivity index (χ0v) is 31.0. The van der Waals surface area contributed by atoms with Gasteiger partial charge in [-0.05, 0) is 78.4 Å². The van der Waals surface area contributed by atoms with E-state index in [-0.39, 0.29) is 29.0 Å². The highest BCUT2D eigenvalue weighted by Gasteiger charge is 2.26. The van der Waals surface area contributed by atoms with Crippen molar-refractivity contribution in [2.75, 3.05) is 11.9 Å². The number of fused-ring (bicyclic) bond motifs is 1. The molecule has 1 fully saturated rings. The number of piperidine rings is 1. The molecule has 0 saturated carbocycles. The average molecular weight is 740 g/mol. The maximum atomic E-state index is 12.9. The van der Waals surface area contributed by atoms with Crippen molar-refractivity contribution in [2.45, 2.75) is 65.0 Å². The Balaban J connectivity index is 0.944. The number of carbonyl (C=O) groups excluding carboxylic acids is 4. The molecule has 7 rings (SSSR count). The molecule has 6 aromatic rings. The van der Waals surface area contributed by atoms with Crippen molar-refractivity contribution in [3.63, 3.8) is 0 Å². The van der Waals surface area contributed by atoms with E-state index in [4.69, 9.17) is 4.52 Å².